The van der Waals surface area contributed by atoms with Crippen molar-refractivity contribution in [2.24, 2.45) is 0 Å². The van der Waals surface area contributed by atoms with Gasteiger partial charge in [-0.15, -0.1) is 0 Å². The molecule has 2 aromatic rings. The molecule has 2 rings (SSSR count). The predicted octanol–water partition coefficient (Wildman–Crippen LogP) is 1.61. The lowest BCUT2D eigenvalue weighted by Crippen LogP contribution is -2.21. The standard InChI is InChI=1S/C12H16N4/c1-3-16-8-7-15-12(16)11(13-2)10-5-4-6-14-9-10/h4-9,11,13H,3H2,1-2H3. The van der Waals surface area contributed by atoms with E-state index in [2.05, 4.69) is 32.8 Å². The van der Waals surface area contributed by atoms with Gasteiger partial charge < -0.3 is 9.88 Å². The average molecular weight is 216 g/mol. The molecule has 16 heavy (non-hydrogen) atoms. The van der Waals surface area contributed by atoms with Crippen LogP contribution in [0.25, 0.3) is 0 Å². The molecule has 0 aliphatic rings. The van der Waals surface area contributed by atoms with Crippen LogP contribution in [-0.4, -0.2) is 21.6 Å². The molecule has 0 radical (unpaired) electrons. The first-order valence-electron chi connectivity index (χ1n) is 5.45. The summed E-state index contributed by atoms with van der Waals surface area (Å²) in [6.07, 6.45) is 7.48. The summed E-state index contributed by atoms with van der Waals surface area (Å²) in [4.78, 5) is 8.55. The van der Waals surface area contributed by atoms with E-state index >= 15 is 0 Å². The molecule has 1 unspecified atom stereocenters. The van der Waals surface area contributed by atoms with Gasteiger partial charge in [-0.25, -0.2) is 4.98 Å². The molecule has 2 heterocycles. The quantitative estimate of drug-likeness (QED) is 0.844. The summed E-state index contributed by atoms with van der Waals surface area (Å²) < 4.78 is 2.13. The molecule has 0 amide bonds. The Balaban J connectivity index is 2.37. The van der Waals surface area contributed by atoms with E-state index in [9.17, 15) is 0 Å². The Morgan fingerprint density at radius 3 is 2.94 bits per heavy atom. The molecule has 4 heteroatoms. The Morgan fingerprint density at radius 1 is 1.44 bits per heavy atom. The first kappa shape index (κ1) is 10.8. The van der Waals surface area contributed by atoms with E-state index in [-0.39, 0.29) is 6.04 Å². The zero-order valence-electron chi connectivity index (χ0n) is 9.59. The second-order valence-corrected chi connectivity index (χ2v) is 3.58. The molecule has 0 spiro atoms. The summed E-state index contributed by atoms with van der Waals surface area (Å²) in [5, 5.41) is 3.27. The van der Waals surface area contributed by atoms with Crippen LogP contribution in [0.15, 0.2) is 36.9 Å². The largest absolute Gasteiger partial charge is 0.334 e. The van der Waals surface area contributed by atoms with Crippen molar-refractivity contribution in [3.8, 4) is 0 Å². The maximum absolute atomic E-state index is 4.41. The molecular weight excluding hydrogens is 200 g/mol. The van der Waals surface area contributed by atoms with Crippen molar-refractivity contribution in [3.63, 3.8) is 0 Å². The number of hydrogen-bond donors (Lipinski definition) is 1. The van der Waals surface area contributed by atoms with E-state index in [1.54, 1.807) is 6.20 Å². The zero-order valence-corrected chi connectivity index (χ0v) is 9.59. The highest BCUT2D eigenvalue weighted by Crippen LogP contribution is 2.19. The second-order valence-electron chi connectivity index (χ2n) is 3.58. The fraction of sp³-hybridized carbons (Fsp3) is 0.333. The lowest BCUT2D eigenvalue weighted by Gasteiger charge is -2.16. The SMILES string of the molecule is CCn1ccnc1C(NC)c1cccnc1. The fourth-order valence-corrected chi connectivity index (χ4v) is 1.84. The van der Waals surface area contributed by atoms with Crippen LogP contribution in [0.3, 0.4) is 0 Å². The molecule has 0 saturated heterocycles. The average Bonchev–Trinajstić information content (AvgIpc) is 2.80. The van der Waals surface area contributed by atoms with Gasteiger partial charge in [0.1, 0.15) is 5.82 Å². The minimum Gasteiger partial charge on any atom is -0.334 e. The van der Waals surface area contributed by atoms with Gasteiger partial charge >= 0.3 is 0 Å². The summed E-state index contributed by atoms with van der Waals surface area (Å²) >= 11 is 0. The molecule has 4 nitrogen and oxygen atoms in total. The van der Waals surface area contributed by atoms with Gasteiger partial charge in [-0.05, 0) is 25.6 Å². The van der Waals surface area contributed by atoms with Crippen molar-refractivity contribution in [2.45, 2.75) is 19.5 Å². The molecule has 2 aromatic heterocycles. The molecule has 0 aliphatic heterocycles. The van der Waals surface area contributed by atoms with E-state index in [0.29, 0.717) is 0 Å². The Bertz CT molecular complexity index is 435. The van der Waals surface area contributed by atoms with Crippen LogP contribution in [0.5, 0.6) is 0 Å². The van der Waals surface area contributed by atoms with E-state index in [1.807, 2.05) is 31.7 Å². The highest BCUT2D eigenvalue weighted by molar-refractivity contribution is 5.21. The summed E-state index contributed by atoms with van der Waals surface area (Å²) in [7, 11) is 1.94. The van der Waals surface area contributed by atoms with E-state index in [0.717, 1.165) is 17.9 Å². The van der Waals surface area contributed by atoms with E-state index in [1.165, 1.54) is 0 Å². The highest BCUT2D eigenvalue weighted by Gasteiger charge is 2.16. The van der Waals surface area contributed by atoms with Crippen LogP contribution < -0.4 is 5.32 Å². The van der Waals surface area contributed by atoms with Gasteiger partial charge in [-0.1, -0.05) is 6.07 Å². The Labute approximate surface area is 95.4 Å². The van der Waals surface area contributed by atoms with Gasteiger partial charge in [-0.3, -0.25) is 4.98 Å². The van der Waals surface area contributed by atoms with Crippen LogP contribution in [0.2, 0.25) is 0 Å². The maximum Gasteiger partial charge on any atom is 0.130 e. The molecule has 1 atom stereocenters. The van der Waals surface area contributed by atoms with Crippen LogP contribution in [0, 0.1) is 0 Å². The Kier molecular flexibility index (Phi) is 3.31. The highest BCUT2D eigenvalue weighted by atomic mass is 15.1. The minimum atomic E-state index is 0.101. The predicted molar refractivity (Wildman–Crippen MR) is 63.0 cm³/mol. The second kappa shape index (κ2) is 4.90. The van der Waals surface area contributed by atoms with Crippen molar-refractivity contribution in [1.29, 1.82) is 0 Å². The molecule has 0 fully saturated rings. The summed E-state index contributed by atoms with van der Waals surface area (Å²) in [5.41, 5.74) is 1.13. The zero-order chi connectivity index (χ0) is 11.4. The maximum atomic E-state index is 4.41. The first-order valence-corrected chi connectivity index (χ1v) is 5.45. The molecule has 0 aliphatic carbocycles. The molecule has 0 aromatic carbocycles. The van der Waals surface area contributed by atoms with Crippen molar-refractivity contribution in [3.05, 3.63) is 48.3 Å². The van der Waals surface area contributed by atoms with Crippen LogP contribution >= 0.6 is 0 Å². The lowest BCUT2D eigenvalue weighted by molar-refractivity contribution is 0.589. The number of hydrogen-bond acceptors (Lipinski definition) is 3. The monoisotopic (exact) mass is 216 g/mol. The Morgan fingerprint density at radius 2 is 2.31 bits per heavy atom. The van der Waals surface area contributed by atoms with Crippen molar-refractivity contribution in [2.75, 3.05) is 7.05 Å². The van der Waals surface area contributed by atoms with Gasteiger partial charge in [-0.2, -0.15) is 0 Å². The number of aromatic nitrogens is 3. The van der Waals surface area contributed by atoms with Crippen molar-refractivity contribution in [1.82, 2.24) is 19.9 Å². The summed E-state index contributed by atoms with van der Waals surface area (Å²) in [6, 6.07) is 4.10. The van der Waals surface area contributed by atoms with Crippen LogP contribution in [0.4, 0.5) is 0 Å². The number of rotatable bonds is 4. The number of nitrogens with zero attached hydrogens (tertiary/aromatic N) is 3. The van der Waals surface area contributed by atoms with Gasteiger partial charge in [0.2, 0.25) is 0 Å². The molecule has 1 N–H and O–H groups in total. The van der Waals surface area contributed by atoms with Gasteiger partial charge in [0.25, 0.3) is 0 Å². The van der Waals surface area contributed by atoms with Gasteiger partial charge in [0, 0.05) is 31.3 Å². The number of aryl methyl sites for hydroxylation is 1. The fourth-order valence-electron chi connectivity index (χ4n) is 1.84. The lowest BCUT2D eigenvalue weighted by atomic mass is 10.1. The molecule has 84 valence electrons. The van der Waals surface area contributed by atoms with Crippen LogP contribution in [0.1, 0.15) is 24.4 Å². The van der Waals surface area contributed by atoms with E-state index < -0.39 is 0 Å². The minimum absolute atomic E-state index is 0.101. The van der Waals surface area contributed by atoms with Crippen molar-refractivity contribution < 1.29 is 0 Å². The normalized spacial score (nSPS) is 12.6. The molecular formula is C12H16N4. The smallest absolute Gasteiger partial charge is 0.130 e. The summed E-state index contributed by atoms with van der Waals surface area (Å²) in [5.74, 6) is 1.03. The van der Waals surface area contributed by atoms with Crippen LogP contribution in [-0.2, 0) is 6.54 Å². The molecule has 0 bridgehead atoms. The number of pyridine rings is 1. The Hall–Kier alpha value is -1.68. The summed E-state index contributed by atoms with van der Waals surface area (Å²) in [6.45, 7) is 3.04. The third-order valence-corrected chi connectivity index (χ3v) is 2.65. The van der Waals surface area contributed by atoms with Crippen molar-refractivity contribution >= 4 is 0 Å². The third kappa shape index (κ3) is 1.97. The van der Waals surface area contributed by atoms with E-state index in [4.69, 9.17) is 0 Å². The first-order chi connectivity index (χ1) is 7.86. The van der Waals surface area contributed by atoms with Gasteiger partial charge in [0.15, 0.2) is 0 Å². The topological polar surface area (TPSA) is 42.7 Å². The molecule has 0 saturated carbocycles. The number of nitrogens with one attached hydrogen (secondary N) is 1. The van der Waals surface area contributed by atoms with Gasteiger partial charge in [0.05, 0.1) is 6.04 Å². The third-order valence-electron chi connectivity index (χ3n) is 2.65. The number of imidazole rings is 1.